The minimum atomic E-state index is -0.588. The molecule has 2 rings (SSSR count). The summed E-state index contributed by atoms with van der Waals surface area (Å²) in [6.07, 6.45) is 0. The van der Waals surface area contributed by atoms with E-state index in [1.165, 1.54) is 11.3 Å². The number of carbonyl (C=O) groups is 1. The number of anilines is 1. The molecule has 7 heteroatoms. The molecule has 0 bridgehead atoms. The summed E-state index contributed by atoms with van der Waals surface area (Å²) in [5.41, 5.74) is 0.812. The highest BCUT2D eigenvalue weighted by atomic mass is 35.5. The lowest BCUT2D eigenvalue weighted by Gasteiger charge is -2.04. The van der Waals surface area contributed by atoms with Gasteiger partial charge >= 0.3 is 0 Å². The van der Waals surface area contributed by atoms with Gasteiger partial charge in [-0.25, -0.2) is 4.98 Å². The number of alkyl halides is 1. The topological polar surface area (TPSA) is 60.5 Å². The van der Waals surface area contributed by atoms with Crippen molar-refractivity contribution in [3.05, 3.63) is 18.2 Å². The molecule has 1 N–H and O–H groups in total. The third kappa shape index (κ3) is 3.82. The molecule has 0 aliphatic carbocycles. The van der Waals surface area contributed by atoms with E-state index >= 15 is 0 Å². The van der Waals surface area contributed by atoms with Gasteiger partial charge in [0.2, 0.25) is 5.91 Å². The number of rotatable bonds is 6. The summed E-state index contributed by atoms with van der Waals surface area (Å²) in [6.45, 7) is 2.65. The molecule has 0 fully saturated rings. The van der Waals surface area contributed by atoms with Gasteiger partial charge in [0, 0.05) is 7.11 Å². The molecule has 1 heterocycles. The van der Waals surface area contributed by atoms with Gasteiger partial charge in [0.25, 0.3) is 0 Å². The molecule has 1 amide bonds. The highest BCUT2D eigenvalue weighted by molar-refractivity contribution is 7.22. The fourth-order valence-electron chi connectivity index (χ4n) is 1.50. The van der Waals surface area contributed by atoms with E-state index in [-0.39, 0.29) is 5.91 Å². The Morgan fingerprint density at radius 3 is 3.00 bits per heavy atom. The Hall–Kier alpha value is -1.37. The van der Waals surface area contributed by atoms with Gasteiger partial charge in [-0.3, -0.25) is 4.79 Å². The molecule has 1 aromatic heterocycles. The summed E-state index contributed by atoms with van der Waals surface area (Å²) >= 11 is 7.09. The average Bonchev–Trinajstić information content (AvgIpc) is 2.80. The monoisotopic (exact) mass is 314 g/mol. The van der Waals surface area contributed by atoms with E-state index in [0.717, 1.165) is 16.0 Å². The van der Waals surface area contributed by atoms with Crippen molar-refractivity contribution in [1.29, 1.82) is 0 Å². The Morgan fingerprint density at radius 2 is 2.30 bits per heavy atom. The van der Waals surface area contributed by atoms with E-state index in [9.17, 15) is 4.79 Å². The normalized spacial score (nSPS) is 12.3. The summed E-state index contributed by atoms with van der Waals surface area (Å²) in [7, 11) is 1.63. The molecule has 0 aliphatic rings. The van der Waals surface area contributed by atoms with Crippen molar-refractivity contribution in [2.45, 2.75) is 12.3 Å². The summed E-state index contributed by atoms with van der Waals surface area (Å²) in [5, 5.41) is 2.62. The van der Waals surface area contributed by atoms with E-state index in [1.54, 1.807) is 14.0 Å². The predicted molar refractivity (Wildman–Crippen MR) is 80.9 cm³/mol. The van der Waals surface area contributed by atoms with Gasteiger partial charge in [0.1, 0.15) is 17.7 Å². The number of hydrogen-bond donors (Lipinski definition) is 1. The first-order valence-electron chi connectivity index (χ1n) is 6.07. The second-order valence-electron chi connectivity index (χ2n) is 4.10. The van der Waals surface area contributed by atoms with E-state index < -0.39 is 5.38 Å². The molecule has 0 radical (unpaired) electrons. The number of nitrogens with zero attached hydrogens (tertiary/aromatic N) is 1. The van der Waals surface area contributed by atoms with Gasteiger partial charge < -0.3 is 14.8 Å². The lowest BCUT2D eigenvalue weighted by molar-refractivity contribution is -0.115. The molecule has 2 aromatic rings. The van der Waals surface area contributed by atoms with Crippen LogP contribution in [0.15, 0.2) is 18.2 Å². The number of hydrogen-bond acceptors (Lipinski definition) is 5. The van der Waals surface area contributed by atoms with Crippen LogP contribution in [0.25, 0.3) is 10.2 Å². The molecule has 0 spiro atoms. The Balaban J connectivity index is 2.11. The summed E-state index contributed by atoms with van der Waals surface area (Å²) < 4.78 is 11.4. The number of carbonyl (C=O) groups excluding carboxylic acids is 1. The molecule has 5 nitrogen and oxygen atoms in total. The first-order chi connectivity index (χ1) is 9.60. The zero-order valence-corrected chi connectivity index (χ0v) is 12.8. The van der Waals surface area contributed by atoms with E-state index in [2.05, 4.69) is 10.3 Å². The van der Waals surface area contributed by atoms with Gasteiger partial charge in [-0.05, 0) is 25.1 Å². The maximum Gasteiger partial charge on any atom is 0.243 e. The molecule has 1 aromatic carbocycles. The molecule has 0 saturated carbocycles. The number of benzene rings is 1. The van der Waals surface area contributed by atoms with Crippen LogP contribution in [0.3, 0.4) is 0 Å². The molecule has 1 atom stereocenters. The van der Waals surface area contributed by atoms with Gasteiger partial charge in [0.05, 0.1) is 16.8 Å². The van der Waals surface area contributed by atoms with E-state index in [4.69, 9.17) is 21.1 Å². The molecule has 0 unspecified atom stereocenters. The maximum atomic E-state index is 11.5. The quantitative estimate of drug-likeness (QED) is 0.658. The zero-order chi connectivity index (χ0) is 14.5. The lowest BCUT2D eigenvalue weighted by atomic mass is 10.3. The van der Waals surface area contributed by atoms with Crippen molar-refractivity contribution in [2.75, 3.05) is 25.6 Å². The van der Waals surface area contributed by atoms with Crippen LogP contribution in [0.1, 0.15) is 6.92 Å². The largest absolute Gasteiger partial charge is 0.491 e. The Labute approximate surface area is 125 Å². The Morgan fingerprint density at radius 1 is 1.50 bits per heavy atom. The SMILES string of the molecule is COCCOc1ccc2nc(NC(=O)[C@@H](C)Cl)sc2c1. The highest BCUT2D eigenvalue weighted by Gasteiger charge is 2.12. The van der Waals surface area contributed by atoms with Gasteiger partial charge in [-0.1, -0.05) is 11.3 Å². The molecular weight excluding hydrogens is 300 g/mol. The molecule has 20 heavy (non-hydrogen) atoms. The van der Waals surface area contributed by atoms with Crippen molar-refractivity contribution < 1.29 is 14.3 Å². The number of ether oxygens (including phenoxy) is 2. The number of amides is 1. The van der Waals surface area contributed by atoms with Crippen molar-refractivity contribution in [1.82, 2.24) is 4.98 Å². The van der Waals surface area contributed by atoms with Crippen LogP contribution in [-0.4, -0.2) is 36.6 Å². The van der Waals surface area contributed by atoms with Crippen molar-refractivity contribution in [3.63, 3.8) is 0 Å². The number of fused-ring (bicyclic) bond motifs is 1. The lowest BCUT2D eigenvalue weighted by Crippen LogP contribution is -2.19. The van der Waals surface area contributed by atoms with Crippen LogP contribution in [-0.2, 0) is 9.53 Å². The first-order valence-corrected chi connectivity index (χ1v) is 7.32. The average molecular weight is 315 g/mol. The van der Waals surface area contributed by atoms with Crippen LogP contribution >= 0.6 is 22.9 Å². The third-order valence-corrected chi connectivity index (χ3v) is 3.64. The minimum Gasteiger partial charge on any atom is -0.491 e. The fourth-order valence-corrected chi connectivity index (χ4v) is 2.45. The number of aromatic nitrogens is 1. The second-order valence-corrected chi connectivity index (χ2v) is 5.78. The highest BCUT2D eigenvalue weighted by Crippen LogP contribution is 2.29. The van der Waals surface area contributed by atoms with Crippen molar-refractivity contribution in [2.24, 2.45) is 0 Å². The number of nitrogens with one attached hydrogen (secondary N) is 1. The molecular formula is C13H15ClN2O3S. The summed E-state index contributed by atoms with van der Waals surface area (Å²) in [4.78, 5) is 15.8. The van der Waals surface area contributed by atoms with Crippen LogP contribution in [0, 0.1) is 0 Å². The van der Waals surface area contributed by atoms with Gasteiger partial charge in [-0.2, -0.15) is 0 Å². The van der Waals surface area contributed by atoms with Crippen LogP contribution in [0.5, 0.6) is 5.75 Å². The number of thiazole rings is 1. The predicted octanol–water partition coefficient (Wildman–Crippen LogP) is 2.89. The van der Waals surface area contributed by atoms with Crippen LogP contribution in [0.2, 0.25) is 0 Å². The zero-order valence-electron chi connectivity index (χ0n) is 11.2. The summed E-state index contributed by atoms with van der Waals surface area (Å²) in [6, 6.07) is 5.59. The smallest absolute Gasteiger partial charge is 0.243 e. The van der Waals surface area contributed by atoms with Crippen LogP contribution in [0.4, 0.5) is 5.13 Å². The standard InChI is InChI=1S/C13H15ClN2O3S/c1-8(14)12(17)16-13-15-10-4-3-9(7-11(10)20-13)19-6-5-18-2/h3-4,7-8H,5-6H2,1-2H3,(H,15,16,17)/t8-/m1/s1. The molecule has 108 valence electrons. The van der Waals surface area contributed by atoms with E-state index in [0.29, 0.717) is 18.3 Å². The first kappa shape index (κ1) is 15.0. The second kappa shape index (κ2) is 6.88. The van der Waals surface area contributed by atoms with Crippen LogP contribution < -0.4 is 10.1 Å². The minimum absolute atomic E-state index is 0.262. The van der Waals surface area contributed by atoms with Gasteiger partial charge in [-0.15, -0.1) is 11.6 Å². The van der Waals surface area contributed by atoms with Gasteiger partial charge in [0.15, 0.2) is 5.13 Å². The number of halogens is 1. The number of methoxy groups -OCH3 is 1. The fraction of sp³-hybridized carbons (Fsp3) is 0.385. The van der Waals surface area contributed by atoms with Crippen molar-refractivity contribution >= 4 is 44.2 Å². The Bertz CT molecular complexity index is 600. The Kier molecular flexibility index (Phi) is 5.17. The maximum absolute atomic E-state index is 11.5. The third-order valence-electron chi connectivity index (χ3n) is 2.51. The molecule has 0 aliphatic heterocycles. The molecule has 0 saturated heterocycles. The summed E-state index contributed by atoms with van der Waals surface area (Å²) in [5.74, 6) is 0.490. The van der Waals surface area contributed by atoms with E-state index in [1.807, 2.05) is 18.2 Å². The van der Waals surface area contributed by atoms with Crippen molar-refractivity contribution in [3.8, 4) is 5.75 Å².